The predicted molar refractivity (Wildman–Crippen MR) is 106 cm³/mol. The third-order valence-electron chi connectivity index (χ3n) is 3.68. The first kappa shape index (κ1) is 17.6. The normalized spacial score (nSPS) is 12.0. The number of rotatable bonds is 4. The van der Waals surface area contributed by atoms with Crippen LogP contribution in [0, 0.1) is 0 Å². The zero-order chi connectivity index (χ0) is 17.6. The number of para-hydroxylation sites is 2. The van der Waals surface area contributed by atoms with Crippen molar-refractivity contribution in [3.05, 3.63) is 48.5 Å². The molecule has 1 heterocycles. The lowest BCUT2D eigenvalue weighted by atomic mass is 10.2. The minimum Gasteiger partial charge on any atom is -0.361 e. The fourth-order valence-electron chi connectivity index (χ4n) is 2.54. The summed E-state index contributed by atoms with van der Waals surface area (Å²) in [6, 6.07) is 16.2. The summed E-state index contributed by atoms with van der Waals surface area (Å²) >= 11 is 6.84. The molecule has 0 aromatic heterocycles. The van der Waals surface area contributed by atoms with Crippen LogP contribution < -0.4 is 21.1 Å². The molecule has 0 saturated heterocycles. The molecule has 130 valence electrons. The van der Waals surface area contributed by atoms with E-state index in [0.29, 0.717) is 5.11 Å². The Bertz CT molecular complexity index is 736. The van der Waals surface area contributed by atoms with E-state index in [1.54, 1.807) is 11.8 Å². The van der Waals surface area contributed by atoms with Crippen LogP contribution >= 0.6 is 24.0 Å². The maximum absolute atomic E-state index is 12.4. The van der Waals surface area contributed by atoms with Crippen molar-refractivity contribution in [1.29, 1.82) is 0 Å². The van der Waals surface area contributed by atoms with Gasteiger partial charge in [0, 0.05) is 16.3 Å². The van der Waals surface area contributed by atoms with Gasteiger partial charge in [-0.1, -0.05) is 43.0 Å². The van der Waals surface area contributed by atoms with Crippen molar-refractivity contribution >= 4 is 46.4 Å². The van der Waals surface area contributed by atoms with Gasteiger partial charge in [0.25, 0.3) is 5.91 Å². The van der Waals surface area contributed by atoms with E-state index in [1.165, 1.54) is 0 Å². The Morgan fingerprint density at radius 1 is 1.04 bits per heavy atom. The molecule has 7 heteroatoms. The maximum atomic E-state index is 12.4. The molecular weight excluding hydrogens is 352 g/mol. The van der Waals surface area contributed by atoms with Crippen molar-refractivity contribution in [2.45, 2.75) is 23.1 Å². The number of hydrazine groups is 1. The Morgan fingerprint density at radius 2 is 1.64 bits per heavy atom. The second-order valence-corrected chi connectivity index (χ2v) is 7.04. The van der Waals surface area contributed by atoms with Gasteiger partial charge in [-0.2, -0.15) is 0 Å². The summed E-state index contributed by atoms with van der Waals surface area (Å²) in [5.74, 6) is -0.155. The molecule has 0 spiro atoms. The first-order valence-corrected chi connectivity index (χ1v) is 9.37. The van der Waals surface area contributed by atoms with Crippen LogP contribution in [-0.2, 0) is 4.79 Å². The molecule has 5 nitrogen and oxygen atoms in total. The van der Waals surface area contributed by atoms with Crippen LogP contribution in [-0.4, -0.2) is 24.1 Å². The zero-order valence-corrected chi connectivity index (χ0v) is 15.5. The van der Waals surface area contributed by atoms with Crippen molar-refractivity contribution in [1.82, 2.24) is 16.2 Å². The van der Waals surface area contributed by atoms with Gasteiger partial charge in [-0.15, -0.1) is 0 Å². The average molecular weight is 373 g/mol. The van der Waals surface area contributed by atoms with E-state index in [1.807, 2.05) is 41.3 Å². The van der Waals surface area contributed by atoms with Crippen LogP contribution in [0.3, 0.4) is 0 Å². The summed E-state index contributed by atoms with van der Waals surface area (Å²) in [7, 11) is 0. The summed E-state index contributed by atoms with van der Waals surface area (Å²) in [4.78, 5) is 16.7. The highest BCUT2D eigenvalue weighted by atomic mass is 32.2. The van der Waals surface area contributed by atoms with Gasteiger partial charge in [0.15, 0.2) is 5.11 Å². The minimum atomic E-state index is -0.155. The molecule has 1 aliphatic heterocycles. The van der Waals surface area contributed by atoms with Crippen molar-refractivity contribution in [2.75, 3.05) is 18.0 Å². The van der Waals surface area contributed by atoms with Gasteiger partial charge in [0.05, 0.1) is 11.4 Å². The van der Waals surface area contributed by atoms with Gasteiger partial charge in [0.2, 0.25) is 0 Å². The molecule has 3 N–H and O–H groups in total. The van der Waals surface area contributed by atoms with Crippen LogP contribution in [0.15, 0.2) is 58.3 Å². The number of hydrogen-bond acceptors (Lipinski definition) is 4. The predicted octanol–water partition coefficient (Wildman–Crippen LogP) is 3.19. The van der Waals surface area contributed by atoms with Gasteiger partial charge in [-0.25, -0.2) is 0 Å². The molecule has 0 fully saturated rings. The van der Waals surface area contributed by atoms with Gasteiger partial charge in [-0.05, 0) is 42.9 Å². The van der Waals surface area contributed by atoms with Gasteiger partial charge < -0.3 is 10.2 Å². The standard InChI is InChI=1S/C18H20N4OS2/c1-2-11-19-18(24)21-20-17(23)12-22-13-7-3-5-9-15(13)25-16-10-6-4-8-14(16)22/h3-10H,2,11-12H2,1H3,(H,20,23)(H2,19,21,24). The van der Waals surface area contributed by atoms with E-state index >= 15 is 0 Å². The van der Waals surface area contributed by atoms with Gasteiger partial charge in [0.1, 0.15) is 6.54 Å². The number of thiocarbonyl (C=S) groups is 1. The van der Waals surface area contributed by atoms with E-state index in [9.17, 15) is 4.79 Å². The van der Waals surface area contributed by atoms with E-state index in [-0.39, 0.29) is 12.5 Å². The molecule has 2 aromatic rings. The average Bonchev–Trinajstić information content (AvgIpc) is 2.64. The molecule has 0 atom stereocenters. The Kier molecular flexibility index (Phi) is 5.78. The fraction of sp³-hybridized carbons (Fsp3) is 0.222. The highest BCUT2D eigenvalue weighted by molar-refractivity contribution is 7.99. The molecule has 25 heavy (non-hydrogen) atoms. The number of nitrogens with one attached hydrogen (secondary N) is 3. The van der Waals surface area contributed by atoms with Crippen molar-refractivity contribution in [2.24, 2.45) is 0 Å². The molecule has 0 saturated carbocycles. The number of nitrogens with zero attached hydrogens (tertiary/aromatic N) is 1. The van der Waals surface area contributed by atoms with Crippen LogP contribution in [0.5, 0.6) is 0 Å². The van der Waals surface area contributed by atoms with Crippen LogP contribution in [0.1, 0.15) is 13.3 Å². The Balaban J connectivity index is 1.72. The SMILES string of the molecule is CCCNC(=S)NNC(=O)CN1c2ccccc2Sc2ccccc21. The first-order chi connectivity index (χ1) is 12.2. The quantitative estimate of drug-likeness (QED) is 0.566. The van der Waals surface area contributed by atoms with E-state index < -0.39 is 0 Å². The lowest BCUT2D eigenvalue weighted by molar-refractivity contribution is -0.120. The molecule has 2 aromatic carbocycles. The van der Waals surface area contributed by atoms with Crippen LogP contribution in [0.4, 0.5) is 11.4 Å². The molecule has 0 unspecified atom stereocenters. The Labute approximate surface area is 157 Å². The van der Waals surface area contributed by atoms with Gasteiger partial charge in [-0.3, -0.25) is 15.6 Å². The number of anilines is 2. The van der Waals surface area contributed by atoms with E-state index in [4.69, 9.17) is 12.2 Å². The van der Waals surface area contributed by atoms with Crippen molar-refractivity contribution in [3.63, 3.8) is 0 Å². The molecule has 1 amide bonds. The lowest BCUT2D eigenvalue weighted by Crippen LogP contribution is -2.49. The summed E-state index contributed by atoms with van der Waals surface area (Å²) < 4.78 is 0. The number of carbonyl (C=O) groups excluding carboxylic acids is 1. The monoisotopic (exact) mass is 372 g/mol. The Morgan fingerprint density at radius 3 is 2.24 bits per heavy atom. The highest BCUT2D eigenvalue weighted by Crippen LogP contribution is 2.47. The fourth-order valence-corrected chi connectivity index (χ4v) is 3.79. The summed E-state index contributed by atoms with van der Waals surface area (Å²) in [5.41, 5.74) is 7.47. The highest BCUT2D eigenvalue weighted by Gasteiger charge is 2.24. The van der Waals surface area contributed by atoms with Crippen LogP contribution in [0.2, 0.25) is 0 Å². The summed E-state index contributed by atoms with van der Waals surface area (Å²) in [6.45, 7) is 3.03. The molecule has 0 radical (unpaired) electrons. The summed E-state index contributed by atoms with van der Waals surface area (Å²) in [6.07, 6.45) is 0.967. The molecule has 0 aliphatic carbocycles. The largest absolute Gasteiger partial charge is 0.361 e. The second-order valence-electron chi connectivity index (χ2n) is 5.55. The van der Waals surface area contributed by atoms with Crippen molar-refractivity contribution in [3.8, 4) is 0 Å². The minimum absolute atomic E-state index is 0.155. The number of benzene rings is 2. The first-order valence-electron chi connectivity index (χ1n) is 8.15. The smallest absolute Gasteiger partial charge is 0.258 e. The maximum Gasteiger partial charge on any atom is 0.258 e. The topological polar surface area (TPSA) is 56.4 Å². The molecule has 3 rings (SSSR count). The molecule has 1 aliphatic rings. The second kappa shape index (κ2) is 8.22. The van der Waals surface area contributed by atoms with E-state index in [2.05, 4.69) is 35.2 Å². The third kappa shape index (κ3) is 4.24. The molecule has 0 bridgehead atoms. The van der Waals surface area contributed by atoms with E-state index in [0.717, 1.165) is 34.1 Å². The summed E-state index contributed by atoms with van der Waals surface area (Å²) in [5, 5.41) is 3.43. The number of amides is 1. The number of fused-ring (bicyclic) bond motifs is 2. The number of hydrogen-bond donors (Lipinski definition) is 3. The van der Waals surface area contributed by atoms with Crippen LogP contribution in [0.25, 0.3) is 0 Å². The molecular formula is C18H20N4OS2. The lowest BCUT2D eigenvalue weighted by Gasteiger charge is -2.32. The number of carbonyl (C=O) groups is 1. The van der Waals surface area contributed by atoms with Crippen molar-refractivity contribution < 1.29 is 4.79 Å². The third-order valence-corrected chi connectivity index (χ3v) is 5.06. The van der Waals surface area contributed by atoms with Gasteiger partial charge >= 0.3 is 0 Å². The zero-order valence-electron chi connectivity index (χ0n) is 13.9. The Hall–Kier alpha value is -2.25.